The van der Waals surface area contributed by atoms with E-state index < -0.39 is 0 Å². The van der Waals surface area contributed by atoms with Gasteiger partial charge >= 0.3 is 0 Å². The van der Waals surface area contributed by atoms with Crippen LogP contribution in [-0.4, -0.2) is 4.98 Å². The molecule has 1 aromatic rings. The smallest absolute Gasteiger partial charge is 0.0978 e. The van der Waals surface area contributed by atoms with Gasteiger partial charge in [0.15, 0.2) is 0 Å². The molecule has 0 amide bonds. The van der Waals surface area contributed by atoms with Gasteiger partial charge in [-0.15, -0.1) is 11.3 Å². The summed E-state index contributed by atoms with van der Waals surface area (Å²) >= 11 is 1.72. The maximum atomic E-state index is 4.21. The Kier molecular flexibility index (Phi) is 3.03. The molecule has 0 atom stereocenters. The van der Waals surface area contributed by atoms with Crippen molar-refractivity contribution in [2.75, 3.05) is 0 Å². The molecule has 0 radical (unpaired) electrons. The Morgan fingerprint density at radius 1 is 1.40 bits per heavy atom. The summed E-state index contributed by atoms with van der Waals surface area (Å²) in [6, 6.07) is 0. The lowest BCUT2D eigenvalue weighted by molar-refractivity contribution is 0.585. The first-order valence-electron chi connectivity index (χ1n) is 3.00. The van der Waals surface area contributed by atoms with Crippen LogP contribution in [0.15, 0.2) is 11.6 Å². The van der Waals surface area contributed by atoms with Crippen LogP contribution < -0.4 is 0 Å². The molecule has 0 N–H and O–H groups in total. The third kappa shape index (κ3) is 2.10. The zero-order valence-corrected chi connectivity index (χ0v) is 6.83. The van der Waals surface area contributed by atoms with Gasteiger partial charge in [-0.3, -0.25) is 0 Å². The van der Waals surface area contributed by atoms with E-state index in [-0.39, 0.29) is 12.8 Å². The summed E-state index contributed by atoms with van der Waals surface area (Å²) in [5.41, 5.74) is 0.230. The fourth-order valence-electron chi connectivity index (χ4n) is 0.594. The van der Waals surface area contributed by atoms with Crippen molar-refractivity contribution >= 4 is 11.3 Å². The second-order valence-electron chi connectivity index (χ2n) is 3.09. The van der Waals surface area contributed by atoms with Crippen molar-refractivity contribution < 1.29 is 0 Å². The predicted octanol–water partition coefficient (Wildman–Crippen LogP) is 3.08. The van der Waals surface area contributed by atoms with Crippen molar-refractivity contribution in [3.63, 3.8) is 0 Å². The lowest BCUT2D eigenvalue weighted by atomic mass is 9.98. The van der Waals surface area contributed by atoms with Gasteiger partial charge in [-0.25, -0.2) is 4.98 Å². The lowest BCUT2D eigenvalue weighted by Gasteiger charge is -2.12. The van der Waals surface area contributed by atoms with Crippen LogP contribution in [0.2, 0.25) is 0 Å². The van der Waals surface area contributed by atoms with Crippen molar-refractivity contribution in [3.8, 4) is 0 Å². The molecule has 0 aliphatic heterocycles. The molecule has 2 heteroatoms. The molecule has 0 unspecified atom stereocenters. The molecule has 0 saturated carbocycles. The Morgan fingerprint density at radius 3 is 2.20 bits per heavy atom. The number of thiazole rings is 1. The van der Waals surface area contributed by atoms with Crippen molar-refractivity contribution in [2.24, 2.45) is 0 Å². The minimum absolute atomic E-state index is 0. The third-order valence-electron chi connectivity index (χ3n) is 1.07. The van der Waals surface area contributed by atoms with Gasteiger partial charge in [0.2, 0.25) is 0 Å². The Labute approximate surface area is 67.1 Å². The highest BCUT2D eigenvalue weighted by Crippen LogP contribution is 2.23. The minimum Gasteiger partial charge on any atom is -0.249 e. The van der Waals surface area contributed by atoms with Gasteiger partial charge in [0.25, 0.3) is 0 Å². The van der Waals surface area contributed by atoms with E-state index >= 15 is 0 Å². The van der Waals surface area contributed by atoms with Gasteiger partial charge < -0.3 is 0 Å². The molecule has 0 aliphatic rings. The number of nitrogens with zero attached hydrogens (tertiary/aromatic N) is 1. The van der Waals surface area contributed by atoms with Crippen molar-refractivity contribution in [1.29, 1.82) is 0 Å². The molecule has 58 valence electrons. The quantitative estimate of drug-likeness (QED) is 0.564. The van der Waals surface area contributed by atoms with Gasteiger partial charge in [0.1, 0.15) is 0 Å². The average Bonchev–Trinajstić information content (AvgIpc) is 2.08. The Bertz CT molecular complexity index is 172. The summed E-state index contributed by atoms with van der Waals surface area (Å²) in [6.07, 6.45) is 1.85. The van der Waals surface area contributed by atoms with Crippen LogP contribution in [0.25, 0.3) is 0 Å². The lowest BCUT2D eigenvalue weighted by Crippen LogP contribution is -2.09. The molecule has 0 saturated heterocycles. The number of aromatic nitrogens is 1. The fourth-order valence-corrected chi connectivity index (χ4v) is 1.32. The SMILES string of the molecule is C.CC(C)(C)c1nccs1. The number of rotatable bonds is 0. The standard InChI is InChI=1S/C7H11NS.CH4/c1-7(2,3)6-8-4-5-9-6;/h4-5H,1-3H3;1H4. The summed E-state index contributed by atoms with van der Waals surface area (Å²) in [5.74, 6) is 0. The largest absolute Gasteiger partial charge is 0.249 e. The maximum absolute atomic E-state index is 4.21. The van der Waals surface area contributed by atoms with E-state index in [9.17, 15) is 0 Å². The first-order valence-corrected chi connectivity index (χ1v) is 3.88. The van der Waals surface area contributed by atoms with Gasteiger partial charge in [0, 0.05) is 17.0 Å². The molecular weight excluding hydrogens is 142 g/mol. The number of hydrogen-bond donors (Lipinski definition) is 0. The second-order valence-corrected chi connectivity index (χ2v) is 3.98. The average molecular weight is 157 g/mol. The fraction of sp³-hybridized carbons (Fsp3) is 0.625. The second kappa shape index (κ2) is 3.15. The van der Waals surface area contributed by atoms with Gasteiger partial charge in [-0.1, -0.05) is 28.2 Å². The molecule has 10 heavy (non-hydrogen) atoms. The van der Waals surface area contributed by atoms with E-state index in [1.807, 2.05) is 11.6 Å². The van der Waals surface area contributed by atoms with Gasteiger partial charge in [0.05, 0.1) is 5.01 Å². The van der Waals surface area contributed by atoms with Crippen LogP contribution >= 0.6 is 11.3 Å². The first-order chi connectivity index (χ1) is 4.11. The third-order valence-corrected chi connectivity index (χ3v) is 2.27. The Balaban J connectivity index is 0.000000810. The summed E-state index contributed by atoms with van der Waals surface area (Å²) in [7, 11) is 0. The van der Waals surface area contributed by atoms with Crippen LogP contribution in [0.4, 0.5) is 0 Å². The molecular formula is C8H15NS. The Hall–Kier alpha value is -0.370. The monoisotopic (exact) mass is 157 g/mol. The van der Waals surface area contributed by atoms with E-state index in [1.165, 1.54) is 5.01 Å². The van der Waals surface area contributed by atoms with Crippen LogP contribution in [-0.2, 0) is 5.41 Å². The molecule has 1 rings (SSSR count). The van der Waals surface area contributed by atoms with Crippen LogP contribution in [0.5, 0.6) is 0 Å². The molecule has 0 spiro atoms. The Morgan fingerprint density at radius 2 is 2.00 bits per heavy atom. The minimum atomic E-state index is 0. The summed E-state index contributed by atoms with van der Waals surface area (Å²) in [4.78, 5) is 4.21. The molecule has 1 heterocycles. The van der Waals surface area contributed by atoms with Crippen molar-refractivity contribution in [3.05, 3.63) is 16.6 Å². The van der Waals surface area contributed by atoms with Gasteiger partial charge in [-0.05, 0) is 0 Å². The van der Waals surface area contributed by atoms with Crippen molar-refractivity contribution in [2.45, 2.75) is 33.6 Å². The summed E-state index contributed by atoms with van der Waals surface area (Å²) in [6.45, 7) is 6.52. The topological polar surface area (TPSA) is 12.9 Å². The molecule has 1 aromatic heterocycles. The molecule has 0 aromatic carbocycles. The maximum Gasteiger partial charge on any atom is 0.0978 e. The molecule has 0 aliphatic carbocycles. The van der Waals surface area contributed by atoms with E-state index in [0.29, 0.717) is 0 Å². The van der Waals surface area contributed by atoms with Gasteiger partial charge in [-0.2, -0.15) is 0 Å². The summed E-state index contributed by atoms with van der Waals surface area (Å²) < 4.78 is 0. The van der Waals surface area contributed by atoms with E-state index in [1.54, 1.807) is 11.3 Å². The van der Waals surface area contributed by atoms with E-state index in [0.717, 1.165) is 0 Å². The van der Waals surface area contributed by atoms with Crippen molar-refractivity contribution in [1.82, 2.24) is 4.98 Å². The van der Waals surface area contributed by atoms with E-state index in [4.69, 9.17) is 0 Å². The molecule has 1 nitrogen and oxygen atoms in total. The van der Waals surface area contributed by atoms with Crippen LogP contribution in [0, 0.1) is 0 Å². The normalized spacial score (nSPS) is 10.7. The molecule has 0 bridgehead atoms. The zero-order valence-electron chi connectivity index (χ0n) is 6.01. The highest BCUT2D eigenvalue weighted by Gasteiger charge is 2.15. The van der Waals surface area contributed by atoms with Crippen LogP contribution in [0.3, 0.4) is 0 Å². The number of hydrogen-bond acceptors (Lipinski definition) is 2. The highest BCUT2D eigenvalue weighted by atomic mass is 32.1. The zero-order chi connectivity index (χ0) is 6.91. The van der Waals surface area contributed by atoms with Crippen LogP contribution in [0.1, 0.15) is 33.2 Å². The first kappa shape index (κ1) is 9.63. The predicted molar refractivity (Wildman–Crippen MR) is 47.5 cm³/mol. The summed E-state index contributed by atoms with van der Waals surface area (Å²) in [5, 5.41) is 3.23. The highest BCUT2D eigenvalue weighted by molar-refractivity contribution is 7.09. The van der Waals surface area contributed by atoms with E-state index in [2.05, 4.69) is 25.8 Å². The molecule has 0 fully saturated rings.